The Morgan fingerprint density at radius 2 is 2.18 bits per heavy atom. The molecule has 1 saturated carbocycles. The second kappa shape index (κ2) is 7.34. The molecule has 17 heavy (non-hydrogen) atoms. The van der Waals surface area contributed by atoms with Crippen LogP contribution in [-0.4, -0.2) is 48.8 Å². The van der Waals surface area contributed by atoms with Crippen LogP contribution >= 0.6 is 0 Å². The van der Waals surface area contributed by atoms with Crippen LogP contribution < -0.4 is 5.32 Å². The molecular weight excluding hydrogens is 212 g/mol. The summed E-state index contributed by atoms with van der Waals surface area (Å²) in [5, 5.41) is 13.4. The molecule has 1 rings (SSSR count). The molecule has 0 spiro atoms. The van der Waals surface area contributed by atoms with Crippen molar-refractivity contribution in [3.63, 3.8) is 0 Å². The average molecular weight is 242 g/mol. The highest BCUT2D eigenvalue weighted by atomic mass is 16.3. The minimum Gasteiger partial charge on any atom is -0.394 e. The second-order valence-corrected chi connectivity index (χ2v) is 5.51. The lowest BCUT2D eigenvalue weighted by atomic mass is 9.85. The molecule has 3 heteroatoms. The molecule has 0 aromatic rings. The maximum Gasteiger partial charge on any atom is 0.0616 e. The first-order chi connectivity index (χ1) is 8.18. The van der Waals surface area contributed by atoms with Gasteiger partial charge in [-0.15, -0.1) is 0 Å². The minimum atomic E-state index is 0.0184. The van der Waals surface area contributed by atoms with Gasteiger partial charge in [-0.1, -0.05) is 20.3 Å². The van der Waals surface area contributed by atoms with Crippen molar-refractivity contribution < 1.29 is 5.11 Å². The number of aliphatic hydroxyl groups is 1. The van der Waals surface area contributed by atoms with Crippen LogP contribution in [0.3, 0.4) is 0 Å². The van der Waals surface area contributed by atoms with Gasteiger partial charge in [0.25, 0.3) is 0 Å². The van der Waals surface area contributed by atoms with Gasteiger partial charge in [-0.05, 0) is 58.3 Å². The van der Waals surface area contributed by atoms with Gasteiger partial charge in [0, 0.05) is 5.54 Å². The maximum absolute atomic E-state index is 9.76. The van der Waals surface area contributed by atoms with Crippen molar-refractivity contribution in [2.75, 3.05) is 33.3 Å². The molecule has 0 aromatic heterocycles. The van der Waals surface area contributed by atoms with Gasteiger partial charge in [-0.2, -0.15) is 0 Å². The van der Waals surface area contributed by atoms with E-state index in [1.807, 2.05) is 0 Å². The molecule has 0 radical (unpaired) electrons. The first-order valence-electron chi connectivity index (χ1n) is 7.23. The average Bonchev–Trinajstić information content (AvgIpc) is 2.77. The van der Waals surface area contributed by atoms with Gasteiger partial charge in [0.1, 0.15) is 0 Å². The van der Waals surface area contributed by atoms with Crippen molar-refractivity contribution in [1.82, 2.24) is 10.2 Å². The fraction of sp³-hybridized carbons (Fsp3) is 1.00. The molecule has 2 atom stereocenters. The molecule has 0 bridgehead atoms. The maximum atomic E-state index is 9.76. The summed E-state index contributed by atoms with van der Waals surface area (Å²) in [6.45, 7) is 7.97. The SMILES string of the molecule is CCCNC1(CO)CCCC1CCN(C)CC. The van der Waals surface area contributed by atoms with Crippen molar-refractivity contribution in [3.8, 4) is 0 Å². The number of aliphatic hydroxyl groups excluding tert-OH is 1. The standard InChI is InChI=1S/C14H30N2O/c1-4-10-15-14(12-17)9-6-7-13(14)8-11-16(3)5-2/h13,15,17H,4-12H2,1-3H3. The minimum absolute atomic E-state index is 0.0184. The second-order valence-electron chi connectivity index (χ2n) is 5.51. The van der Waals surface area contributed by atoms with Crippen LogP contribution in [0.2, 0.25) is 0 Å². The Hall–Kier alpha value is -0.120. The van der Waals surface area contributed by atoms with Crippen LogP contribution in [0.4, 0.5) is 0 Å². The third kappa shape index (κ3) is 3.94. The summed E-state index contributed by atoms with van der Waals surface area (Å²) >= 11 is 0. The van der Waals surface area contributed by atoms with E-state index in [-0.39, 0.29) is 5.54 Å². The van der Waals surface area contributed by atoms with Crippen LogP contribution in [0.1, 0.15) is 46.0 Å². The Morgan fingerprint density at radius 1 is 1.41 bits per heavy atom. The quantitative estimate of drug-likeness (QED) is 0.682. The van der Waals surface area contributed by atoms with E-state index >= 15 is 0 Å². The largest absolute Gasteiger partial charge is 0.394 e. The summed E-state index contributed by atoms with van der Waals surface area (Å²) in [4.78, 5) is 2.36. The molecular formula is C14H30N2O. The van der Waals surface area contributed by atoms with E-state index in [9.17, 15) is 5.11 Å². The topological polar surface area (TPSA) is 35.5 Å². The van der Waals surface area contributed by atoms with Gasteiger partial charge in [0.2, 0.25) is 0 Å². The Kier molecular flexibility index (Phi) is 6.45. The van der Waals surface area contributed by atoms with E-state index in [0.717, 1.165) is 32.5 Å². The zero-order chi connectivity index (χ0) is 12.7. The summed E-state index contributed by atoms with van der Waals surface area (Å²) in [7, 11) is 2.18. The first kappa shape index (κ1) is 14.9. The Morgan fingerprint density at radius 3 is 2.76 bits per heavy atom. The Labute approximate surface area is 107 Å². The number of rotatable bonds is 8. The van der Waals surface area contributed by atoms with Crippen LogP contribution in [0, 0.1) is 5.92 Å². The van der Waals surface area contributed by atoms with Crippen molar-refractivity contribution in [2.24, 2.45) is 5.92 Å². The summed E-state index contributed by atoms with van der Waals surface area (Å²) in [6, 6.07) is 0. The van der Waals surface area contributed by atoms with Gasteiger partial charge < -0.3 is 15.3 Å². The zero-order valence-electron chi connectivity index (χ0n) is 11.8. The van der Waals surface area contributed by atoms with E-state index in [1.165, 1.54) is 19.3 Å². The highest BCUT2D eigenvalue weighted by Crippen LogP contribution is 2.37. The van der Waals surface area contributed by atoms with Gasteiger partial charge in [0.05, 0.1) is 6.61 Å². The summed E-state index contributed by atoms with van der Waals surface area (Å²) < 4.78 is 0. The lowest BCUT2D eigenvalue weighted by molar-refractivity contribution is 0.114. The lowest BCUT2D eigenvalue weighted by Crippen LogP contribution is -2.52. The molecule has 2 N–H and O–H groups in total. The third-order valence-corrected chi connectivity index (χ3v) is 4.37. The molecule has 0 saturated heterocycles. The fourth-order valence-electron chi connectivity index (χ4n) is 2.97. The highest BCUT2D eigenvalue weighted by molar-refractivity contribution is 4.99. The normalized spacial score (nSPS) is 29.1. The molecule has 0 aromatic carbocycles. The molecule has 0 amide bonds. The van der Waals surface area contributed by atoms with Gasteiger partial charge in [-0.25, -0.2) is 0 Å². The summed E-state index contributed by atoms with van der Waals surface area (Å²) in [6.07, 6.45) is 6.03. The molecule has 0 heterocycles. The molecule has 1 aliphatic carbocycles. The zero-order valence-corrected chi connectivity index (χ0v) is 11.8. The predicted octanol–water partition coefficient (Wildman–Crippen LogP) is 1.86. The fourth-order valence-corrected chi connectivity index (χ4v) is 2.97. The van der Waals surface area contributed by atoms with Crippen LogP contribution in [0.15, 0.2) is 0 Å². The molecule has 0 aliphatic heterocycles. The molecule has 1 aliphatic rings. The monoisotopic (exact) mass is 242 g/mol. The van der Waals surface area contributed by atoms with E-state index in [4.69, 9.17) is 0 Å². The van der Waals surface area contributed by atoms with E-state index < -0.39 is 0 Å². The smallest absolute Gasteiger partial charge is 0.0616 e. The van der Waals surface area contributed by atoms with Crippen molar-refractivity contribution in [2.45, 2.75) is 51.5 Å². The summed E-state index contributed by atoms with van der Waals surface area (Å²) in [5.74, 6) is 0.646. The number of hydrogen-bond donors (Lipinski definition) is 2. The van der Waals surface area contributed by atoms with E-state index in [0.29, 0.717) is 12.5 Å². The Bertz CT molecular complexity index is 210. The Balaban J connectivity index is 2.49. The first-order valence-corrected chi connectivity index (χ1v) is 7.23. The van der Waals surface area contributed by atoms with E-state index in [2.05, 4.69) is 31.1 Å². The van der Waals surface area contributed by atoms with Crippen LogP contribution in [0.25, 0.3) is 0 Å². The highest BCUT2D eigenvalue weighted by Gasteiger charge is 2.41. The van der Waals surface area contributed by atoms with Crippen LogP contribution in [-0.2, 0) is 0 Å². The van der Waals surface area contributed by atoms with Crippen molar-refractivity contribution in [3.05, 3.63) is 0 Å². The predicted molar refractivity (Wildman–Crippen MR) is 73.2 cm³/mol. The molecule has 3 nitrogen and oxygen atoms in total. The van der Waals surface area contributed by atoms with Crippen molar-refractivity contribution in [1.29, 1.82) is 0 Å². The lowest BCUT2D eigenvalue weighted by Gasteiger charge is -2.36. The number of nitrogens with zero attached hydrogens (tertiary/aromatic N) is 1. The molecule has 1 fully saturated rings. The van der Waals surface area contributed by atoms with E-state index in [1.54, 1.807) is 0 Å². The van der Waals surface area contributed by atoms with Crippen molar-refractivity contribution >= 4 is 0 Å². The van der Waals surface area contributed by atoms with Gasteiger partial charge >= 0.3 is 0 Å². The summed E-state index contributed by atoms with van der Waals surface area (Å²) in [5.41, 5.74) is 0.0184. The molecule has 2 unspecified atom stereocenters. The van der Waals surface area contributed by atoms with Crippen LogP contribution in [0.5, 0.6) is 0 Å². The third-order valence-electron chi connectivity index (χ3n) is 4.37. The van der Waals surface area contributed by atoms with Gasteiger partial charge in [0.15, 0.2) is 0 Å². The molecule has 102 valence electrons. The van der Waals surface area contributed by atoms with Gasteiger partial charge in [-0.3, -0.25) is 0 Å². The number of nitrogens with one attached hydrogen (secondary N) is 1. The number of hydrogen-bond acceptors (Lipinski definition) is 3.